The summed E-state index contributed by atoms with van der Waals surface area (Å²) < 4.78 is 0. The number of aryl methyl sites for hydroxylation is 2. The van der Waals surface area contributed by atoms with Crippen LogP contribution in [-0.4, -0.2) is 30.1 Å². The maximum absolute atomic E-state index is 4.73. The molecular weight excluding hydrogens is 346 g/mol. The average molecular weight is 376 g/mol. The fraction of sp³-hybridized carbons (Fsp3) is 0.304. The normalized spacial score (nSPS) is 10.6. The molecule has 0 aliphatic heterocycles. The van der Waals surface area contributed by atoms with E-state index in [-0.39, 0.29) is 0 Å². The summed E-state index contributed by atoms with van der Waals surface area (Å²) in [6.45, 7) is 10.5. The number of aromatic nitrogens is 2. The van der Waals surface area contributed by atoms with Crippen LogP contribution < -0.4 is 15.1 Å². The van der Waals surface area contributed by atoms with Crippen molar-refractivity contribution in [1.29, 1.82) is 0 Å². The van der Waals surface area contributed by atoms with E-state index < -0.39 is 0 Å². The monoisotopic (exact) mass is 375 g/mol. The van der Waals surface area contributed by atoms with Gasteiger partial charge >= 0.3 is 0 Å². The number of nitrogens with zero attached hydrogens (tertiary/aromatic N) is 4. The van der Waals surface area contributed by atoms with E-state index >= 15 is 0 Å². The van der Waals surface area contributed by atoms with Crippen LogP contribution in [0.5, 0.6) is 0 Å². The third-order valence-corrected chi connectivity index (χ3v) is 4.89. The number of para-hydroxylation sites is 1. The molecule has 5 nitrogen and oxygen atoms in total. The molecule has 0 saturated heterocycles. The largest absolute Gasteiger partial charge is 0.372 e. The Kier molecular flexibility index (Phi) is 6.14. The molecule has 0 amide bonds. The van der Waals surface area contributed by atoms with Gasteiger partial charge in [0.05, 0.1) is 0 Å². The molecule has 1 aromatic heterocycles. The molecule has 0 unspecified atom stereocenters. The second kappa shape index (κ2) is 8.74. The van der Waals surface area contributed by atoms with Crippen molar-refractivity contribution < 1.29 is 0 Å². The first kappa shape index (κ1) is 19.7. The van der Waals surface area contributed by atoms with E-state index in [0.717, 1.165) is 36.0 Å². The van der Waals surface area contributed by atoms with Crippen molar-refractivity contribution in [3.8, 4) is 0 Å². The van der Waals surface area contributed by atoms with Crippen molar-refractivity contribution in [2.24, 2.45) is 0 Å². The SMILES string of the molecule is CCN(CC)c1ccc(Nc2cc(C)nc(N(C)c3ccccc3)n2)c(C)c1. The van der Waals surface area contributed by atoms with Crippen molar-refractivity contribution in [3.05, 3.63) is 65.9 Å². The standard InChI is InChI=1S/C23H29N5/c1-6-28(7-2)20-13-14-21(17(3)15-20)25-22-16-18(4)24-23(26-22)27(5)19-11-9-8-10-12-19/h8-16H,6-7H2,1-5H3,(H,24,25,26). The quantitative estimate of drug-likeness (QED) is 0.595. The Balaban J connectivity index is 1.86. The molecule has 2 aromatic carbocycles. The van der Waals surface area contributed by atoms with Crippen LogP contribution in [0, 0.1) is 13.8 Å². The van der Waals surface area contributed by atoms with E-state index in [1.54, 1.807) is 0 Å². The third kappa shape index (κ3) is 4.42. The molecule has 28 heavy (non-hydrogen) atoms. The Morgan fingerprint density at radius 1 is 0.857 bits per heavy atom. The first-order chi connectivity index (χ1) is 13.5. The molecule has 0 saturated carbocycles. The lowest BCUT2D eigenvalue weighted by atomic mass is 10.1. The molecule has 1 N–H and O–H groups in total. The lowest BCUT2D eigenvalue weighted by Gasteiger charge is -2.22. The second-order valence-corrected chi connectivity index (χ2v) is 6.89. The van der Waals surface area contributed by atoms with E-state index in [4.69, 9.17) is 4.98 Å². The van der Waals surface area contributed by atoms with Crippen LogP contribution in [0.1, 0.15) is 25.1 Å². The number of anilines is 5. The Labute approximate surface area is 168 Å². The molecule has 3 aromatic rings. The molecule has 0 radical (unpaired) electrons. The second-order valence-electron chi connectivity index (χ2n) is 6.89. The van der Waals surface area contributed by atoms with Gasteiger partial charge in [0.1, 0.15) is 5.82 Å². The molecule has 0 bridgehead atoms. The van der Waals surface area contributed by atoms with Gasteiger partial charge in [0.15, 0.2) is 0 Å². The van der Waals surface area contributed by atoms with Gasteiger partial charge in [-0.2, -0.15) is 4.98 Å². The first-order valence-electron chi connectivity index (χ1n) is 9.79. The molecule has 0 spiro atoms. The summed E-state index contributed by atoms with van der Waals surface area (Å²) >= 11 is 0. The van der Waals surface area contributed by atoms with Crippen LogP contribution in [0.25, 0.3) is 0 Å². The predicted molar refractivity (Wildman–Crippen MR) is 119 cm³/mol. The molecule has 3 rings (SSSR count). The maximum atomic E-state index is 4.73. The van der Waals surface area contributed by atoms with Gasteiger partial charge in [0.2, 0.25) is 5.95 Å². The smallest absolute Gasteiger partial charge is 0.231 e. The molecule has 0 atom stereocenters. The number of hydrogen-bond donors (Lipinski definition) is 1. The summed E-state index contributed by atoms with van der Waals surface area (Å²) in [5, 5.41) is 3.47. The molecule has 0 fully saturated rings. The van der Waals surface area contributed by atoms with Gasteiger partial charge in [-0.05, 0) is 63.6 Å². The van der Waals surface area contributed by atoms with E-state index in [0.29, 0.717) is 5.95 Å². The van der Waals surface area contributed by atoms with Gasteiger partial charge in [0, 0.05) is 49.0 Å². The zero-order chi connectivity index (χ0) is 20.1. The summed E-state index contributed by atoms with van der Waals surface area (Å²) in [4.78, 5) is 13.7. The number of hydrogen-bond acceptors (Lipinski definition) is 5. The maximum Gasteiger partial charge on any atom is 0.231 e. The predicted octanol–water partition coefficient (Wildman–Crippen LogP) is 5.45. The molecule has 5 heteroatoms. The number of rotatable bonds is 7. The lowest BCUT2D eigenvalue weighted by Crippen LogP contribution is -2.21. The first-order valence-corrected chi connectivity index (χ1v) is 9.79. The highest BCUT2D eigenvalue weighted by Crippen LogP contribution is 2.27. The van der Waals surface area contributed by atoms with Gasteiger partial charge in [-0.25, -0.2) is 4.98 Å². The summed E-state index contributed by atoms with van der Waals surface area (Å²) in [7, 11) is 1.98. The minimum atomic E-state index is 0.672. The van der Waals surface area contributed by atoms with E-state index in [1.165, 1.54) is 11.3 Å². The summed E-state index contributed by atoms with van der Waals surface area (Å²) in [5.41, 5.74) is 5.48. The van der Waals surface area contributed by atoms with Crippen molar-refractivity contribution >= 4 is 28.8 Å². The fourth-order valence-corrected chi connectivity index (χ4v) is 3.25. The Hall–Kier alpha value is -3.08. The summed E-state index contributed by atoms with van der Waals surface area (Å²) in [5.74, 6) is 1.47. The van der Waals surface area contributed by atoms with Gasteiger partial charge in [0.25, 0.3) is 0 Å². The summed E-state index contributed by atoms with van der Waals surface area (Å²) in [6, 6.07) is 18.6. The zero-order valence-electron chi connectivity index (χ0n) is 17.4. The Bertz CT molecular complexity index is 920. The molecular formula is C23H29N5. The molecule has 146 valence electrons. The van der Waals surface area contributed by atoms with Crippen LogP contribution in [0.3, 0.4) is 0 Å². The van der Waals surface area contributed by atoms with Crippen molar-refractivity contribution in [3.63, 3.8) is 0 Å². The number of benzene rings is 2. The van der Waals surface area contributed by atoms with Gasteiger partial charge in [-0.15, -0.1) is 0 Å². The van der Waals surface area contributed by atoms with Crippen molar-refractivity contribution in [1.82, 2.24) is 9.97 Å². The topological polar surface area (TPSA) is 44.3 Å². The van der Waals surface area contributed by atoms with E-state index in [2.05, 4.69) is 66.3 Å². The van der Waals surface area contributed by atoms with Crippen LogP contribution in [0.4, 0.5) is 28.8 Å². The minimum Gasteiger partial charge on any atom is -0.372 e. The van der Waals surface area contributed by atoms with Crippen molar-refractivity contribution in [2.45, 2.75) is 27.7 Å². The molecule has 1 heterocycles. The van der Waals surface area contributed by atoms with Gasteiger partial charge < -0.3 is 15.1 Å². The van der Waals surface area contributed by atoms with E-state index in [9.17, 15) is 0 Å². The highest BCUT2D eigenvalue weighted by atomic mass is 15.3. The highest BCUT2D eigenvalue weighted by molar-refractivity contribution is 5.66. The fourth-order valence-electron chi connectivity index (χ4n) is 3.25. The Morgan fingerprint density at radius 2 is 1.57 bits per heavy atom. The summed E-state index contributed by atoms with van der Waals surface area (Å²) in [6.07, 6.45) is 0. The van der Waals surface area contributed by atoms with Crippen LogP contribution in [0.15, 0.2) is 54.6 Å². The highest BCUT2D eigenvalue weighted by Gasteiger charge is 2.11. The lowest BCUT2D eigenvalue weighted by molar-refractivity contribution is 0.866. The molecule has 0 aliphatic rings. The van der Waals surface area contributed by atoms with Crippen LogP contribution >= 0.6 is 0 Å². The molecule has 0 aliphatic carbocycles. The van der Waals surface area contributed by atoms with E-state index in [1.807, 2.05) is 43.1 Å². The average Bonchev–Trinajstić information content (AvgIpc) is 2.70. The van der Waals surface area contributed by atoms with Gasteiger partial charge in [-0.3, -0.25) is 0 Å². The van der Waals surface area contributed by atoms with Crippen LogP contribution in [-0.2, 0) is 0 Å². The third-order valence-electron chi connectivity index (χ3n) is 4.89. The van der Waals surface area contributed by atoms with Gasteiger partial charge in [-0.1, -0.05) is 18.2 Å². The van der Waals surface area contributed by atoms with Crippen molar-refractivity contribution in [2.75, 3.05) is 35.3 Å². The minimum absolute atomic E-state index is 0.672. The van der Waals surface area contributed by atoms with Crippen LogP contribution in [0.2, 0.25) is 0 Å². The number of nitrogens with one attached hydrogen (secondary N) is 1. The Morgan fingerprint density at radius 3 is 2.21 bits per heavy atom. The zero-order valence-corrected chi connectivity index (χ0v) is 17.4.